The molecular formula is C22H24F12O8. The molecule has 1 saturated carbocycles. The molecule has 0 aromatic heterocycles. The number of carbonyl (C=O) groups is 3. The molecule has 1 aliphatic heterocycles. The van der Waals surface area contributed by atoms with Crippen molar-refractivity contribution in [1.29, 1.82) is 0 Å². The molecule has 0 radical (unpaired) electrons. The van der Waals surface area contributed by atoms with E-state index >= 15 is 0 Å². The largest absolute Gasteiger partial charge is 0.465 e. The number of halogens is 12. The number of esters is 3. The van der Waals surface area contributed by atoms with Gasteiger partial charge in [-0.1, -0.05) is 0 Å². The Labute approximate surface area is 228 Å². The van der Waals surface area contributed by atoms with Crippen molar-refractivity contribution in [3.05, 3.63) is 0 Å². The Morgan fingerprint density at radius 2 is 1.17 bits per heavy atom. The zero-order valence-electron chi connectivity index (χ0n) is 21.4. The van der Waals surface area contributed by atoms with Crippen LogP contribution in [-0.4, -0.2) is 86.3 Å². The van der Waals surface area contributed by atoms with E-state index in [4.69, 9.17) is 14.2 Å². The van der Waals surface area contributed by atoms with Crippen LogP contribution in [0.2, 0.25) is 0 Å². The molecule has 1 atom stereocenters. The van der Waals surface area contributed by atoms with E-state index in [1.54, 1.807) is 0 Å². The van der Waals surface area contributed by atoms with Gasteiger partial charge in [0.1, 0.15) is 26.1 Å². The van der Waals surface area contributed by atoms with Gasteiger partial charge < -0.3 is 23.7 Å². The van der Waals surface area contributed by atoms with E-state index in [-0.39, 0.29) is 19.8 Å². The maximum Gasteiger partial charge on any atom is 0.453 e. The van der Waals surface area contributed by atoms with Gasteiger partial charge in [0, 0.05) is 13.3 Å². The van der Waals surface area contributed by atoms with Crippen molar-refractivity contribution >= 4 is 17.9 Å². The summed E-state index contributed by atoms with van der Waals surface area (Å²) in [6.45, 7) is -3.97. The number of rotatable bonds is 10. The highest BCUT2D eigenvalue weighted by atomic mass is 19.4. The standard InChI is InChI=1S/C22H24F12O8/c1-16(23,24)15(37)42-12-4-2-3-5-18(12)40-10-17(11-41-18,8-38-13(35)6-19(25,26)21(29,30)31)9-39-14(36)7-20(27,28)22(32,33)34/h12H,2-11H2,1H3. The van der Waals surface area contributed by atoms with Crippen LogP contribution in [0.3, 0.4) is 0 Å². The molecule has 20 heteroatoms. The Morgan fingerprint density at radius 1 is 0.738 bits per heavy atom. The summed E-state index contributed by atoms with van der Waals surface area (Å²) in [4.78, 5) is 35.2. The van der Waals surface area contributed by atoms with Crippen molar-refractivity contribution in [3.8, 4) is 0 Å². The molecule has 1 spiro atoms. The molecule has 8 nitrogen and oxygen atoms in total. The predicted octanol–water partition coefficient (Wildman–Crippen LogP) is 5.12. The molecule has 244 valence electrons. The molecule has 1 heterocycles. The Bertz CT molecular complexity index is 935. The van der Waals surface area contributed by atoms with Crippen LogP contribution in [0, 0.1) is 5.41 Å². The summed E-state index contributed by atoms with van der Waals surface area (Å²) in [5, 5.41) is 0. The van der Waals surface area contributed by atoms with Crippen molar-refractivity contribution in [2.24, 2.45) is 5.41 Å². The van der Waals surface area contributed by atoms with Gasteiger partial charge in [0.2, 0.25) is 5.79 Å². The second-order valence-corrected chi connectivity index (χ2v) is 10.00. The molecule has 1 aliphatic carbocycles. The molecule has 0 amide bonds. The highest BCUT2D eigenvalue weighted by Gasteiger charge is 2.60. The molecule has 1 unspecified atom stereocenters. The van der Waals surface area contributed by atoms with Gasteiger partial charge in [-0.2, -0.15) is 52.7 Å². The lowest BCUT2D eigenvalue weighted by atomic mass is 9.86. The van der Waals surface area contributed by atoms with Gasteiger partial charge in [-0.3, -0.25) is 9.59 Å². The third-order valence-corrected chi connectivity index (χ3v) is 6.23. The van der Waals surface area contributed by atoms with E-state index in [1.165, 1.54) is 0 Å². The average molecular weight is 644 g/mol. The van der Waals surface area contributed by atoms with Crippen LogP contribution in [0.15, 0.2) is 0 Å². The quantitative estimate of drug-likeness (QED) is 0.184. The van der Waals surface area contributed by atoms with E-state index in [2.05, 4.69) is 9.47 Å². The van der Waals surface area contributed by atoms with Gasteiger partial charge in [-0.05, 0) is 19.3 Å². The molecule has 0 N–H and O–H groups in total. The summed E-state index contributed by atoms with van der Waals surface area (Å²) < 4.78 is 179. The third-order valence-electron chi connectivity index (χ3n) is 6.23. The summed E-state index contributed by atoms with van der Waals surface area (Å²) in [6.07, 6.45) is -18.3. The van der Waals surface area contributed by atoms with Crippen LogP contribution in [0.25, 0.3) is 0 Å². The van der Waals surface area contributed by atoms with Crippen molar-refractivity contribution in [2.75, 3.05) is 26.4 Å². The maximum absolute atomic E-state index is 13.4. The van der Waals surface area contributed by atoms with Gasteiger partial charge in [0.15, 0.2) is 6.10 Å². The van der Waals surface area contributed by atoms with E-state index < -0.39 is 105 Å². The van der Waals surface area contributed by atoms with Gasteiger partial charge in [0.25, 0.3) is 0 Å². The minimum absolute atomic E-state index is 0.0716. The summed E-state index contributed by atoms with van der Waals surface area (Å²) in [6, 6.07) is 0. The minimum Gasteiger partial charge on any atom is -0.465 e. The minimum atomic E-state index is -6.14. The fourth-order valence-corrected chi connectivity index (χ4v) is 3.77. The second-order valence-electron chi connectivity index (χ2n) is 10.00. The lowest BCUT2D eigenvalue weighted by Gasteiger charge is -2.49. The molecular weight excluding hydrogens is 620 g/mol. The monoisotopic (exact) mass is 644 g/mol. The van der Waals surface area contributed by atoms with Gasteiger partial charge >= 0.3 is 48.0 Å². The van der Waals surface area contributed by atoms with Crippen molar-refractivity contribution in [1.82, 2.24) is 0 Å². The van der Waals surface area contributed by atoms with Crippen LogP contribution in [0.5, 0.6) is 0 Å². The van der Waals surface area contributed by atoms with Gasteiger partial charge in [-0.15, -0.1) is 0 Å². The lowest BCUT2D eigenvalue weighted by Crippen LogP contribution is -2.60. The zero-order chi connectivity index (χ0) is 32.4. The van der Waals surface area contributed by atoms with Crippen molar-refractivity contribution in [3.63, 3.8) is 0 Å². The lowest BCUT2D eigenvalue weighted by molar-refractivity contribution is -0.355. The Balaban J connectivity index is 2.21. The molecule has 0 aromatic carbocycles. The molecule has 42 heavy (non-hydrogen) atoms. The maximum atomic E-state index is 13.4. The topological polar surface area (TPSA) is 97.4 Å². The summed E-state index contributed by atoms with van der Waals surface area (Å²) in [5.41, 5.74) is -2.09. The van der Waals surface area contributed by atoms with Gasteiger partial charge in [-0.25, -0.2) is 4.79 Å². The summed E-state index contributed by atoms with van der Waals surface area (Å²) >= 11 is 0. The second kappa shape index (κ2) is 12.2. The van der Waals surface area contributed by atoms with Crippen molar-refractivity contribution in [2.45, 2.75) is 87.5 Å². The first kappa shape index (κ1) is 35.7. The van der Waals surface area contributed by atoms with Crippen LogP contribution in [0.1, 0.15) is 45.4 Å². The molecule has 0 aromatic rings. The summed E-state index contributed by atoms with van der Waals surface area (Å²) in [7, 11) is 0. The Morgan fingerprint density at radius 3 is 1.55 bits per heavy atom. The third kappa shape index (κ3) is 8.76. The van der Waals surface area contributed by atoms with Crippen LogP contribution in [-0.2, 0) is 38.1 Å². The normalized spacial score (nSPS) is 21.5. The fraction of sp³-hybridized carbons (Fsp3) is 0.864. The highest BCUT2D eigenvalue weighted by Crippen LogP contribution is 2.43. The zero-order valence-corrected chi connectivity index (χ0v) is 21.4. The molecule has 2 fully saturated rings. The smallest absolute Gasteiger partial charge is 0.453 e. The fourth-order valence-electron chi connectivity index (χ4n) is 3.77. The van der Waals surface area contributed by atoms with Crippen molar-refractivity contribution < 1.29 is 90.8 Å². The molecule has 2 aliphatic rings. The summed E-state index contributed by atoms with van der Waals surface area (Å²) in [5.74, 6) is -23.2. The number of hydrogen-bond acceptors (Lipinski definition) is 8. The first-order valence-corrected chi connectivity index (χ1v) is 11.9. The number of hydrogen-bond donors (Lipinski definition) is 0. The number of carbonyl (C=O) groups excluding carboxylic acids is 3. The van der Waals surface area contributed by atoms with Gasteiger partial charge in [0.05, 0.1) is 18.6 Å². The first-order valence-electron chi connectivity index (χ1n) is 11.9. The highest BCUT2D eigenvalue weighted by molar-refractivity contribution is 5.77. The van der Waals surface area contributed by atoms with E-state index in [0.29, 0.717) is 12.8 Å². The van der Waals surface area contributed by atoms with E-state index in [0.717, 1.165) is 0 Å². The van der Waals surface area contributed by atoms with Crippen LogP contribution >= 0.6 is 0 Å². The van der Waals surface area contributed by atoms with E-state index in [1.807, 2.05) is 0 Å². The number of alkyl halides is 12. The number of ether oxygens (including phenoxy) is 5. The average Bonchev–Trinajstić information content (AvgIpc) is 2.82. The first-order chi connectivity index (χ1) is 18.8. The Kier molecular flexibility index (Phi) is 10.4. The Hall–Kier alpha value is -2.51. The van der Waals surface area contributed by atoms with Crippen LogP contribution in [0.4, 0.5) is 52.7 Å². The SMILES string of the molecule is CC(F)(F)C(=O)OC1CCCCC12OCC(COC(=O)CC(F)(F)C(F)(F)F)(COC(=O)CC(F)(F)C(F)(F)F)CO2. The molecule has 1 saturated heterocycles. The molecule has 2 rings (SSSR count). The predicted molar refractivity (Wildman–Crippen MR) is 109 cm³/mol. The molecule has 0 bridgehead atoms. The van der Waals surface area contributed by atoms with Crippen LogP contribution < -0.4 is 0 Å². The van der Waals surface area contributed by atoms with E-state index in [9.17, 15) is 67.1 Å².